The first-order valence-corrected chi connectivity index (χ1v) is 11.8. The second kappa shape index (κ2) is 13.5. The van der Waals surface area contributed by atoms with E-state index in [-0.39, 0.29) is 45.1 Å². The summed E-state index contributed by atoms with van der Waals surface area (Å²) >= 11 is 4.45. The number of carbonyl (C=O) groups excluding carboxylic acids is 3. The molecule has 2 rings (SSSR count). The first-order chi connectivity index (χ1) is 16.1. The number of carbonyl (C=O) groups is 4. The van der Waals surface area contributed by atoms with Gasteiger partial charge in [-0.05, 0) is 33.1 Å². The number of allylic oxidation sites excluding steroid dienone is 2. The maximum atomic E-state index is 12.4. The van der Waals surface area contributed by atoms with Crippen molar-refractivity contribution in [2.24, 2.45) is 0 Å². The van der Waals surface area contributed by atoms with Crippen molar-refractivity contribution in [2.75, 3.05) is 26.3 Å². The number of nitrogens with one attached hydrogen (secondary N) is 2. The fraction of sp³-hybridized carbons (Fsp3) is 0.727. The number of hydrogen-bond donors (Lipinski definition) is 4. The second-order valence-corrected chi connectivity index (χ2v) is 9.36. The van der Waals surface area contributed by atoms with E-state index < -0.39 is 47.2 Å². The Bertz CT molecular complexity index is 759. The van der Waals surface area contributed by atoms with Crippen molar-refractivity contribution >= 4 is 36.6 Å². The molecule has 0 aromatic heterocycles. The Hall–Kier alpha value is -2.31. The molecule has 2 unspecified atom stereocenters. The monoisotopic (exact) mass is 502 g/mol. The van der Waals surface area contributed by atoms with Crippen molar-refractivity contribution in [3.05, 3.63) is 12.2 Å². The Morgan fingerprint density at radius 1 is 1.03 bits per heavy atom. The Kier molecular flexibility index (Phi) is 11.1. The average Bonchev–Trinajstić information content (AvgIpc) is 3.34. The van der Waals surface area contributed by atoms with Crippen LogP contribution in [0.3, 0.4) is 0 Å². The smallest absolute Gasteiger partial charge is 0.404 e. The van der Waals surface area contributed by atoms with Crippen LogP contribution in [0, 0.1) is 0 Å². The molecule has 5 atom stereocenters. The van der Waals surface area contributed by atoms with Crippen LogP contribution in [0.2, 0.25) is 0 Å². The number of carboxylic acid groups (broad SMARTS) is 1. The molecule has 0 radical (unpaired) electrons. The second-order valence-electron chi connectivity index (χ2n) is 8.38. The van der Waals surface area contributed by atoms with Gasteiger partial charge in [0.25, 0.3) is 0 Å². The van der Waals surface area contributed by atoms with Crippen LogP contribution in [-0.4, -0.2) is 84.5 Å². The van der Waals surface area contributed by atoms with Gasteiger partial charge in [-0.25, -0.2) is 4.79 Å². The van der Waals surface area contributed by atoms with Gasteiger partial charge in [0.1, 0.15) is 12.2 Å². The highest BCUT2D eigenvalue weighted by Crippen LogP contribution is 2.31. The minimum Gasteiger partial charge on any atom is -0.465 e. The molecule has 0 spiro atoms. The number of thiol groups is 1. The molecule has 0 aromatic rings. The third-order valence-electron chi connectivity index (χ3n) is 5.51. The van der Waals surface area contributed by atoms with Gasteiger partial charge in [0, 0.05) is 13.1 Å². The topological polar surface area (TPSA) is 149 Å². The first kappa shape index (κ1) is 27.9. The molecule has 11 nitrogen and oxygen atoms in total. The maximum Gasteiger partial charge on any atom is 0.404 e. The number of hydrogen-bond acceptors (Lipinski definition) is 9. The van der Waals surface area contributed by atoms with E-state index in [9.17, 15) is 19.2 Å². The van der Waals surface area contributed by atoms with E-state index in [1.54, 1.807) is 6.92 Å². The minimum atomic E-state index is -1.22. The molecular formula is C22H34N2O9S. The molecule has 192 valence electrons. The summed E-state index contributed by atoms with van der Waals surface area (Å²) in [5.41, 5.74) is 0. The van der Waals surface area contributed by atoms with Crippen molar-refractivity contribution in [3.63, 3.8) is 0 Å². The quantitative estimate of drug-likeness (QED) is 0.126. The van der Waals surface area contributed by atoms with Crippen molar-refractivity contribution in [1.82, 2.24) is 10.6 Å². The van der Waals surface area contributed by atoms with Crippen molar-refractivity contribution in [3.8, 4) is 0 Å². The molecule has 0 aliphatic carbocycles. The largest absolute Gasteiger partial charge is 0.465 e. The summed E-state index contributed by atoms with van der Waals surface area (Å²) in [5.74, 6) is -1.33. The highest BCUT2D eigenvalue weighted by atomic mass is 32.1. The predicted molar refractivity (Wildman–Crippen MR) is 124 cm³/mol. The molecular weight excluding hydrogens is 468 g/mol. The Morgan fingerprint density at radius 2 is 1.56 bits per heavy atom. The molecule has 2 saturated heterocycles. The van der Waals surface area contributed by atoms with Gasteiger partial charge in [0.2, 0.25) is 5.91 Å². The zero-order chi connectivity index (χ0) is 25.1. The molecule has 0 bridgehead atoms. The lowest BCUT2D eigenvalue weighted by molar-refractivity contribution is -0.155. The van der Waals surface area contributed by atoms with E-state index >= 15 is 0 Å². The van der Waals surface area contributed by atoms with Crippen LogP contribution in [0.5, 0.6) is 0 Å². The summed E-state index contributed by atoms with van der Waals surface area (Å²) < 4.78 is 21.2. The van der Waals surface area contributed by atoms with E-state index in [0.717, 1.165) is 12.8 Å². The molecule has 2 aliphatic rings. The summed E-state index contributed by atoms with van der Waals surface area (Å²) in [6, 6.07) is 0. The highest BCUT2D eigenvalue weighted by molar-refractivity contribution is 7.82. The normalized spacial score (nSPS) is 25.4. The molecule has 0 aromatic carbocycles. The third-order valence-corrected chi connectivity index (χ3v) is 5.93. The number of rotatable bonds is 13. The molecule has 2 aliphatic heterocycles. The molecule has 2 heterocycles. The fourth-order valence-corrected chi connectivity index (χ4v) is 3.91. The Labute approximate surface area is 204 Å². The number of unbranched alkanes of at least 4 members (excludes halogenated alkanes) is 1. The summed E-state index contributed by atoms with van der Waals surface area (Å²) in [5, 5.41) is 13.3. The molecule has 0 saturated carbocycles. The number of ether oxygens (including phenoxy) is 4. The van der Waals surface area contributed by atoms with Crippen LogP contribution < -0.4 is 10.6 Å². The zero-order valence-corrected chi connectivity index (χ0v) is 20.4. The average molecular weight is 503 g/mol. The third kappa shape index (κ3) is 8.80. The first-order valence-electron chi connectivity index (χ1n) is 11.3. The lowest BCUT2D eigenvalue weighted by Crippen LogP contribution is -2.41. The number of amides is 2. The van der Waals surface area contributed by atoms with Crippen molar-refractivity contribution < 1.29 is 43.2 Å². The number of fused-ring (bicyclic) bond motifs is 1. The van der Waals surface area contributed by atoms with Gasteiger partial charge in [-0.2, -0.15) is 12.6 Å². The van der Waals surface area contributed by atoms with Gasteiger partial charge in [-0.1, -0.05) is 12.2 Å². The summed E-state index contributed by atoms with van der Waals surface area (Å²) in [4.78, 5) is 46.9. The molecule has 12 heteroatoms. The van der Waals surface area contributed by atoms with Crippen molar-refractivity contribution in [2.45, 2.75) is 75.1 Å². The molecule has 3 N–H and O–H groups in total. The van der Waals surface area contributed by atoms with E-state index in [0.29, 0.717) is 6.42 Å². The van der Waals surface area contributed by atoms with Gasteiger partial charge < -0.3 is 34.7 Å². The van der Waals surface area contributed by atoms with E-state index in [2.05, 4.69) is 23.3 Å². The van der Waals surface area contributed by atoms with Gasteiger partial charge in [-0.3, -0.25) is 14.4 Å². The SMILES string of the molecule is C/C=C\CCCC(C)(S)C(=O)NCCC(=O)O[C@@H]1CO[C@@H]2C(OC(=O)CCNC(=O)O)CO[C@@H]21. The Balaban J connectivity index is 1.68. The molecule has 2 fully saturated rings. The summed E-state index contributed by atoms with van der Waals surface area (Å²) in [7, 11) is 0. The standard InChI is InChI=1S/C22H34N2O9S/c1-3-4-5-6-9-22(2,34)20(27)23-10-7-16(25)32-14-12-30-19-15(13-31-18(14)19)33-17(26)8-11-24-21(28)29/h3-4,14-15,18-19,24,34H,5-13H2,1-2H3,(H,23,27)(H,28,29)/b4-3-/t14-,15?,18-,19-,22?/m1/s1. The van der Waals surface area contributed by atoms with Gasteiger partial charge in [0.05, 0.1) is 30.8 Å². The van der Waals surface area contributed by atoms with Crippen molar-refractivity contribution in [1.29, 1.82) is 0 Å². The van der Waals surface area contributed by atoms with Crippen LogP contribution in [0.1, 0.15) is 46.0 Å². The molecule has 2 amide bonds. The molecule has 34 heavy (non-hydrogen) atoms. The van der Waals surface area contributed by atoms with E-state index in [1.807, 2.05) is 19.1 Å². The van der Waals surface area contributed by atoms with Crippen LogP contribution in [0.15, 0.2) is 12.2 Å². The lowest BCUT2D eigenvalue weighted by atomic mass is 10.0. The zero-order valence-electron chi connectivity index (χ0n) is 19.5. The maximum absolute atomic E-state index is 12.4. The van der Waals surface area contributed by atoms with Gasteiger partial charge >= 0.3 is 18.0 Å². The van der Waals surface area contributed by atoms with E-state index in [4.69, 9.17) is 24.1 Å². The Morgan fingerprint density at radius 3 is 2.06 bits per heavy atom. The highest BCUT2D eigenvalue weighted by Gasteiger charge is 2.51. The minimum absolute atomic E-state index is 0.0168. The van der Waals surface area contributed by atoms with Crippen LogP contribution in [0.25, 0.3) is 0 Å². The van der Waals surface area contributed by atoms with Crippen LogP contribution >= 0.6 is 12.6 Å². The summed E-state index contributed by atoms with van der Waals surface area (Å²) in [6.07, 6.45) is 2.52. The van der Waals surface area contributed by atoms with Gasteiger partial charge in [-0.15, -0.1) is 0 Å². The predicted octanol–water partition coefficient (Wildman–Crippen LogP) is 1.21. The van der Waals surface area contributed by atoms with Crippen LogP contribution in [0.4, 0.5) is 4.79 Å². The van der Waals surface area contributed by atoms with E-state index in [1.165, 1.54) is 0 Å². The van der Waals surface area contributed by atoms with Gasteiger partial charge in [0.15, 0.2) is 12.2 Å². The lowest BCUT2D eigenvalue weighted by Gasteiger charge is -2.22. The fourth-order valence-electron chi connectivity index (χ4n) is 3.67. The summed E-state index contributed by atoms with van der Waals surface area (Å²) in [6.45, 7) is 3.95. The number of esters is 2. The van der Waals surface area contributed by atoms with Crippen LogP contribution in [-0.2, 0) is 33.3 Å².